The molecular formula is C19H15N3O2. The van der Waals surface area contributed by atoms with Crippen LogP contribution in [-0.2, 0) is 0 Å². The molecule has 3 aromatic carbocycles. The minimum absolute atomic E-state index is 0.441. The number of ether oxygens (including phenoxy) is 1. The standard InChI is InChI=1S/C19H15N3O2/c1-23-16-11-15-17(13-9-5-6-10-14(13)24-15)19(18(16)20)22-21-12-7-3-2-4-8-12/h2-11H,20H2,1H3. The number of furan rings is 1. The van der Waals surface area contributed by atoms with Crippen LogP contribution in [0.1, 0.15) is 0 Å². The monoisotopic (exact) mass is 317 g/mol. The normalized spacial score (nSPS) is 11.5. The van der Waals surface area contributed by atoms with E-state index in [-0.39, 0.29) is 0 Å². The molecule has 2 N–H and O–H groups in total. The highest BCUT2D eigenvalue weighted by atomic mass is 16.5. The van der Waals surface area contributed by atoms with Gasteiger partial charge in [0.15, 0.2) is 0 Å². The first-order valence-electron chi connectivity index (χ1n) is 7.52. The molecular weight excluding hydrogens is 302 g/mol. The van der Waals surface area contributed by atoms with E-state index in [0.29, 0.717) is 22.7 Å². The Morgan fingerprint density at radius 3 is 2.46 bits per heavy atom. The van der Waals surface area contributed by atoms with Crippen LogP contribution < -0.4 is 10.5 Å². The quantitative estimate of drug-likeness (QED) is 0.395. The van der Waals surface area contributed by atoms with Crippen molar-refractivity contribution in [2.45, 2.75) is 0 Å². The minimum atomic E-state index is 0.441. The molecule has 0 aliphatic heterocycles. The van der Waals surface area contributed by atoms with Crippen molar-refractivity contribution in [2.24, 2.45) is 10.2 Å². The van der Waals surface area contributed by atoms with E-state index in [1.54, 1.807) is 13.2 Å². The van der Waals surface area contributed by atoms with Gasteiger partial charge in [-0.15, -0.1) is 5.11 Å². The van der Waals surface area contributed by atoms with Gasteiger partial charge >= 0.3 is 0 Å². The molecule has 24 heavy (non-hydrogen) atoms. The number of hydrogen-bond acceptors (Lipinski definition) is 5. The molecule has 4 aromatic rings. The van der Waals surface area contributed by atoms with E-state index in [1.165, 1.54) is 0 Å². The lowest BCUT2D eigenvalue weighted by molar-refractivity contribution is 0.417. The molecule has 0 spiro atoms. The number of nitrogens with zero attached hydrogens (tertiary/aromatic N) is 2. The van der Waals surface area contributed by atoms with Gasteiger partial charge in [-0.05, 0) is 18.2 Å². The molecule has 0 aliphatic rings. The molecule has 0 atom stereocenters. The number of anilines is 1. The maximum Gasteiger partial charge on any atom is 0.147 e. The van der Waals surface area contributed by atoms with Gasteiger partial charge in [0.25, 0.3) is 0 Å². The Morgan fingerprint density at radius 2 is 1.67 bits per heavy atom. The predicted molar refractivity (Wildman–Crippen MR) is 95.3 cm³/mol. The third-order valence-electron chi connectivity index (χ3n) is 3.88. The van der Waals surface area contributed by atoms with Crippen molar-refractivity contribution in [3.8, 4) is 5.75 Å². The third-order valence-corrected chi connectivity index (χ3v) is 3.88. The highest BCUT2D eigenvalue weighted by molar-refractivity contribution is 6.14. The zero-order chi connectivity index (χ0) is 16.5. The van der Waals surface area contributed by atoms with E-state index in [2.05, 4.69) is 10.2 Å². The third kappa shape index (κ3) is 2.27. The van der Waals surface area contributed by atoms with E-state index in [9.17, 15) is 0 Å². The second-order valence-electron chi connectivity index (χ2n) is 5.35. The van der Waals surface area contributed by atoms with Crippen molar-refractivity contribution >= 4 is 39.0 Å². The van der Waals surface area contributed by atoms with Gasteiger partial charge < -0.3 is 14.9 Å². The first kappa shape index (κ1) is 14.3. The first-order valence-corrected chi connectivity index (χ1v) is 7.52. The summed E-state index contributed by atoms with van der Waals surface area (Å²) in [5.74, 6) is 0.517. The van der Waals surface area contributed by atoms with Crippen LogP contribution in [0.15, 0.2) is 75.3 Å². The summed E-state index contributed by atoms with van der Waals surface area (Å²) in [4.78, 5) is 0. The Bertz CT molecular complexity index is 1050. The van der Waals surface area contributed by atoms with Gasteiger partial charge in [-0.1, -0.05) is 36.4 Å². The van der Waals surface area contributed by atoms with Crippen LogP contribution in [0.2, 0.25) is 0 Å². The van der Waals surface area contributed by atoms with E-state index in [0.717, 1.165) is 22.0 Å². The Kier molecular flexibility index (Phi) is 3.39. The smallest absolute Gasteiger partial charge is 0.147 e. The molecule has 0 radical (unpaired) electrons. The Hall–Kier alpha value is -3.34. The number of rotatable bonds is 3. The number of azo groups is 1. The molecule has 4 rings (SSSR count). The van der Waals surface area contributed by atoms with Crippen molar-refractivity contribution < 1.29 is 9.15 Å². The van der Waals surface area contributed by atoms with Crippen molar-refractivity contribution in [3.05, 3.63) is 60.7 Å². The minimum Gasteiger partial charge on any atom is -0.494 e. The fourth-order valence-electron chi connectivity index (χ4n) is 2.73. The number of para-hydroxylation sites is 1. The molecule has 5 nitrogen and oxygen atoms in total. The number of benzene rings is 3. The van der Waals surface area contributed by atoms with Gasteiger partial charge in [-0.25, -0.2) is 0 Å². The number of nitrogen functional groups attached to an aromatic ring is 1. The Morgan fingerprint density at radius 1 is 0.917 bits per heavy atom. The van der Waals surface area contributed by atoms with E-state index in [1.807, 2.05) is 54.6 Å². The lowest BCUT2D eigenvalue weighted by Crippen LogP contribution is -1.92. The van der Waals surface area contributed by atoms with E-state index in [4.69, 9.17) is 14.9 Å². The SMILES string of the molecule is COc1cc2oc3ccccc3c2c(N=Nc2ccccc2)c1N. The zero-order valence-corrected chi connectivity index (χ0v) is 13.1. The number of fused-ring (bicyclic) bond motifs is 3. The average Bonchev–Trinajstić information content (AvgIpc) is 2.99. The molecule has 118 valence electrons. The second-order valence-corrected chi connectivity index (χ2v) is 5.35. The molecule has 1 aromatic heterocycles. The van der Waals surface area contributed by atoms with Crippen molar-refractivity contribution in [1.82, 2.24) is 0 Å². The average molecular weight is 317 g/mol. The van der Waals surface area contributed by atoms with Crippen LogP contribution in [0.3, 0.4) is 0 Å². The first-order chi connectivity index (χ1) is 11.8. The Labute approximate surface area is 138 Å². The summed E-state index contributed by atoms with van der Waals surface area (Å²) in [7, 11) is 1.57. The molecule has 1 heterocycles. The Balaban J connectivity index is 2.00. The molecule has 5 heteroatoms. The summed E-state index contributed by atoms with van der Waals surface area (Å²) in [5.41, 5.74) is 9.44. The van der Waals surface area contributed by atoms with Crippen LogP contribution in [-0.4, -0.2) is 7.11 Å². The highest BCUT2D eigenvalue weighted by Crippen LogP contribution is 2.44. The molecule has 0 unspecified atom stereocenters. The molecule has 0 aliphatic carbocycles. The summed E-state index contributed by atoms with van der Waals surface area (Å²) in [6.07, 6.45) is 0. The van der Waals surface area contributed by atoms with E-state index < -0.39 is 0 Å². The molecule has 0 bridgehead atoms. The maximum atomic E-state index is 6.25. The van der Waals surface area contributed by atoms with Crippen LogP contribution in [0.25, 0.3) is 21.9 Å². The number of nitrogens with two attached hydrogens (primary N) is 1. The fraction of sp³-hybridized carbons (Fsp3) is 0.0526. The summed E-state index contributed by atoms with van der Waals surface area (Å²) in [6.45, 7) is 0. The summed E-state index contributed by atoms with van der Waals surface area (Å²) in [6, 6.07) is 19.1. The summed E-state index contributed by atoms with van der Waals surface area (Å²) < 4.78 is 11.3. The lowest BCUT2D eigenvalue weighted by atomic mass is 10.1. The van der Waals surface area contributed by atoms with Gasteiger partial charge in [-0.3, -0.25) is 0 Å². The van der Waals surface area contributed by atoms with Gasteiger partial charge in [0, 0.05) is 11.5 Å². The maximum absolute atomic E-state index is 6.25. The second kappa shape index (κ2) is 5.70. The number of hydrogen-bond donors (Lipinski definition) is 1. The molecule has 0 saturated carbocycles. The van der Waals surface area contributed by atoms with E-state index >= 15 is 0 Å². The van der Waals surface area contributed by atoms with Gasteiger partial charge in [-0.2, -0.15) is 5.11 Å². The van der Waals surface area contributed by atoms with Crippen molar-refractivity contribution in [1.29, 1.82) is 0 Å². The molecule has 0 fully saturated rings. The van der Waals surface area contributed by atoms with Gasteiger partial charge in [0.2, 0.25) is 0 Å². The van der Waals surface area contributed by atoms with Crippen molar-refractivity contribution in [3.63, 3.8) is 0 Å². The predicted octanol–water partition coefficient (Wildman–Crippen LogP) is 5.59. The topological polar surface area (TPSA) is 73.1 Å². The lowest BCUT2D eigenvalue weighted by Gasteiger charge is -2.07. The fourth-order valence-corrected chi connectivity index (χ4v) is 2.73. The van der Waals surface area contributed by atoms with Crippen LogP contribution >= 0.6 is 0 Å². The summed E-state index contributed by atoms with van der Waals surface area (Å²) >= 11 is 0. The highest BCUT2D eigenvalue weighted by Gasteiger charge is 2.17. The van der Waals surface area contributed by atoms with Crippen molar-refractivity contribution in [2.75, 3.05) is 12.8 Å². The molecule has 0 saturated heterocycles. The van der Waals surface area contributed by atoms with Crippen LogP contribution in [0.5, 0.6) is 5.75 Å². The summed E-state index contributed by atoms with van der Waals surface area (Å²) in [5, 5.41) is 10.5. The zero-order valence-electron chi connectivity index (χ0n) is 13.1. The van der Waals surface area contributed by atoms with Gasteiger partial charge in [0.05, 0.1) is 18.2 Å². The molecule has 0 amide bonds. The van der Waals surface area contributed by atoms with Crippen LogP contribution in [0, 0.1) is 0 Å². The number of methoxy groups -OCH3 is 1. The van der Waals surface area contributed by atoms with Gasteiger partial charge in [0.1, 0.15) is 28.3 Å². The van der Waals surface area contributed by atoms with Crippen LogP contribution in [0.4, 0.5) is 17.1 Å². The largest absolute Gasteiger partial charge is 0.494 e.